The molecule has 2 N–H and O–H groups in total. The van der Waals surface area contributed by atoms with Crippen molar-refractivity contribution < 1.29 is 41.1 Å². The van der Waals surface area contributed by atoms with Gasteiger partial charge in [-0.1, -0.05) is 11.1 Å². The Morgan fingerprint density at radius 2 is 1.91 bits per heavy atom. The molecule has 2 amide bonds. The van der Waals surface area contributed by atoms with Crippen LogP contribution in [0.1, 0.15) is 72.5 Å². The normalized spacial score (nSPS) is 22.8. The number of aromatic nitrogens is 1. The molecule has 3 aliphatic heterocycles. The Hall–Kier alpha value is -4.32. The van der Waals surface area contributed by atoms with E-state index in [-0.39, 0.29) is 30.4 Å². The number of nitrogens with zero attached hydrogens (tertiary/aromatic N) is 3. The highest BCUT2D eigenvalue weighted by Gasteiger charge is 2.54. The van der Waals surface area contributed by atoms with Crippen LogP contribution in [0.4, 0.5) is 13.2 Å². The van der Waals surface area contributed by atoms with E-state index in [1.807, 2.05) is 0 Å². The number of benzene rings is 1. The maximum atomic E-state index is 14.1. The van der Waals surface area contributed by atoms with Crippen molar-refractivity contribution in [1.82, 2.24) is 14.8 Å². The number of rotatable bonds is 4. The number of amides is 2. The summed E-state index contributed by atoms with van der Waals surface area (Å²) in [5, 5.41) is 17.3. The van der Waals surface area contributed by atoms with Crippen molar-refractivity contribution in [2.24, 2.45) is 5.16 Å². The summed E-state index contributed by atoms with van der Waals surface area (Å²) >= 11 is 0. The van der Waals surface area contributed by atoms with E-state index < -0.39 is 84.3 Å². The molecule has 1 aromatic carbocycles. The number of aromatic hydroxyl groups is 1. The molecule has 234 valence electrons. The molecule has 44 heavy (non-hydrogen) atoms. The molecule has 0 unspecified atom stereocenters. The van der Waals surface area contributed by atoms with Crippen LogP contribution in [0.25, 0.3) is 0 Å². The van der Waals surface area contributed by atoms with Crippen LogP contribution < -0.4 is 10.7 Å². The minimum Gasteiger partial charge on any atom is -0.503 e. The van der Waals surface area contributed by atoms with Crippen molar-refractivity contribution in [3.8, 4) is 17.6 Å². The molecule has 1 aromatic heterocycles. The lowest BCUT2D eigenvalue weighted by atomic mass is 9.84. The van der Waals surface area contributed by atoms with Crippen LogP contribution in [-0.2, 0) is 21.2 Å². The number of carbonyl (C=O) groups excluding carboxylic acids is 2. The van der Waals surface area contributed by atoms with Crippen LogP contribution in [0.5, 0.6) is 5.75 Å². The average molecular weight is 635 g/mol. The van der Waals surface area contributed by atoms with Gasteiger partial charge in [-0.25, -0.2) is 21.6 Å². The van der Waals surface area contributed by atoms with Crippen molar-refractivity contribution >= 4 is 27.4 Å². The van der Waals surface area contributed by atoms with E-state index in [1.54, 1.807) is 6.92 Å². The number of oxime groups is 1. The molecule has 3 aliphatic rings. The van der Waals surface area contributed by atoms with Gasteiger partial charge in [0.25, 0.3) is 11.8 Å². The van der Waals surface area contributed by atoms with E-state index in [4.69, 9.17) is 4.84 Å². The van der Waals surface area contributed by atoms with Gasteiger partial charge in [0.05, 0.1) is 6.04 Å². The number of carbonyl (C=O) groups is 2. The number of fused-ring (bicyclic) bond motifs is 5. The number of sulfone groups is 1. The van der Waals surface area contributed by atoms with E-state index >= 15 is 0 Å². The zero-order valence-electron chi connectivity index (χ0n) is 24.2. The minimum absolute atomic E-state index is 0.0629. The van der Waals surface area contributed by atoms with Crippen LogP contribution >= 0.6 is 0 Å². The van der Waals surface area contributed by atoms with Gasteiger partial charge in [0, 0.05) is 55.7 Å². The molecule has 0 saturated carbocycles. The first-order chi connectivity index (χ1) is 20.5. The highest BCUT2D eigenvalue weighted by Crippen LogP contribution is 2.46. The zero-order valence-corrected chi connectivity index (χ0v) is 25.0. The van der Waals surface area contributed by atoms with Gasteiger partial charge in [-0.05, 0) is 39.5 Å². The Bertz CT molecular complexity index is 1840. The molecule has 1 fully saturated rings. The molecule has 4 heterocycles. The van der Waals surface area contributed by atoms with Crippen LogP contribution in [0.2, 0.25) is 0 Å². The molecular formula is C29H29F3N4O7S. The van der Waals surface area contributed by atoms with Gasteiger partial charge in [-0.2, -0.15) is 0 Å². The summed E-state index contributed by atoms with van der Waals surface area (Å²) in [5.41, 5.74) is -3.69. The Balaban J connectivity index is 1.52. The van der Waals surface area contributed by atoms with E-state index in [1.165, 1.54) is 23.3 Å². The number of hydrogen-bond donors (Lipinski definition) is 2. The minimum atomic E-state index is -3.52. The SMILES string of the molecule is C[C@H]1CC[C@@]2(CC(C#CC(C)(C)S(C)(=O)=O)=NO2)[C@H]2CN1C(=O)c1c(O)c(=O)c(C(=O)NCc3c(F)cc(F)cc3F)cn12. The van der Waals surface area contributed by atoms with Gasteiger partial charge in [0.2, 0.25) is 5.43 Å². The van der Waals surface area contributed by atoms with Crippen molar-refractivity contribution in [2.45, 2.75) is 69.0 Å². The molecule has 11 nitrogen and oxygen atoms in total. The third-order valence-electron chi connectivity index (χ3n) is 8.52. The quantitative estimate of drug-likeness (QED) is 0.491. The fraction of sp³-hybridized carbons (Fsp3) is 0.448. The maximum absolute atomic E-state index is 14.1. The predicted molar refractivity (Wildman–Crippen MR) is 151 cm³/mol. The van der Waals surface area contributed by atoms with Crippen molar-refractivity contribution in [2.75, 3.05) is 12.8 Å². The highest BCUT2D eigenvalue weighted by atomic mass is 32.2. The molecule has 0 aliphatic carbocycles. The Labute approximate surface area is 250 Å². The summed E-state index contributed by atoms with van der Waals surface area (Å²) in [4.78, 5) is 47.1. The fourth-order valence-electron chi connectivity index (χ4n) is 5.50. The molecule has 2 aromatic rings. The lowest BCUT2D eigenvalue weighted by molar-refractivity contribution is -0.0655. The van der Waals surface area contributed by atoms with Crippen LogP contribution in [0, 0.1) is 29.3 Å². The first-order valence-corrected chi connectivity index (χ1v) is 15.5. The fourth-order valence-corrected chi connectivity index (χ4v) is 5.74. The van der Waals surface area contributed by atoms with Crippen molar-refractivity contribution in [3.63, 3.8) is 0 Å². The van der Waals surface area contributed by atoms with Gasteiger partial charge in [0.1, 0.15) is 33.5 Å². The molecule has 2 bridgehead atoms. The summed E-state index contributed by atoms with van der Waals surface area (Å²) in [6.45, 7) is 4.05. The lowest BCUT2D eigenvalue weighted by Crippen LogP contribution is -2.52. The van der Waals surface area contributed by atoms with E-state index in [9.17, 15) is 41.1 Å². The zero-order chi connectivity index (χ0) is 32.4. The van der Waals surface area contributed by atoms with Crippen molar-refractivity contribution in [3.05, 3.63) is 62.8 Å². The predicted octanol–water partition coefficient (Wildman–Crippen LogP) is 2.42. The topological polar surface area (TPSA) is 147 Å². The third kappa shape index (κ3) is 5.21. The summed E-state index contributed by atoms with van der Waals surface area (Å²) in [6.07, 6.45) is 3.07. The third-order valence-corrected chi connectivity index (χ3v) is 10.5. The highest BCUT2D eigenvalue weighted by molar-refractivity contribution is 7.92. The van der Waals surface area contributed by atoms with Gasteiger partial charge < -0.3 is 24.7 Å². The molecule has 5 rings (SSSR count). The first-order valence-electron chi connectivity index (χ1n) is 13.6. The molecular weight excluding hydrogens is 605 g/mol. The van der Waals surface area contributed by atoms with Gasteiger partial charge in [-0.15, -0.1) is 0 Å². The number of nitrogens with one attached hydrogen (secondary N) is 1. The monoisotopic (exact) mass is 634 g/mol. The number of hydrogen-bond acceptors (Lipinski definition) is 8. The largest absolute Gasteiger partial charge is 0.503 e. The first kappa shape index (κ1) is 31.1. The smallest absolute Gasteiger partial charge is 0.274 e. The van der Waals surface area contributed by atoms with Gasteiger partial charge in [-0.3, -0.25) is 14.4 Å². The second-order valence-electron chi connectivity index (χ2n) is 11.8. The van der Waals surface area contributed by atoms with E-state index in [0.29, 0.717) is 25.0 Å². The molecule has 15 heteroatoms. The number of halogens is 3. The molecule has 1 spiro atoms. The van der Waals surface area contributed by atoms with Gasteiger partial charge >= 0.3 is 0 Å². The van der Waals surface area contributed by atoms with Crippen LogP contribution in [0.3, 0.4) is 0 Å². The average Bonchev–Trinajstić information content (AvgIpc) is 3.30. The van der Waals surface area contributed by atoms with Crippen molar-refractivity contribution in [1.29, 1.82) is 0 Å². The second-order valence-corrected chi connectivity index (χ2v) is 14.3. The number of pyridine rings is 1. The van der Waals surface area contributed by atoms with E-state index in [0.717, 1.165) is 12.5 Å². The summed E-state index contributed by atoms with van der Waals surface area (Å²) in [7, 11) is -3.52. The summed E-state index contributed by atoms with van der Waals surface area (Å²) in [5.74, 6) is -0.865. The molecule has 0 radical (unpaired) electrons. The molecule has 3 atom stereocenters. The lowest BCUT2D eigenvalue weighted by Gasteiger charge is -2.41. The van der Waals surface area contributed by atoms with E-state index in [2.05, 4.69) is 22.3 Å². The summed E-state index contributed by atoms with van der Waals surface area (Å²) < 4.78 is 65.7. The van der Waals surface area contributed by atoms with Gasteiger partial charge in [0.15, 0.2) is 26.9 Å². The summed E-state index contributed by atoms with van der Waals surface area (Å²) in [6, 6.07) is -0.216. The maximum Gasteiger partial charge on any atom is 0.274 e. The molecule has 1 saturated heterocycles. The second kappa shape index (κ2) is 10.7. The Morgan fingerprint density at radius 1 is 1.25 bits per heavy atom. The Kier molecular flexibility index (Phi) is 7.56. The standard InChI is InChI=1S/C29H29F3N4O7S/c1-15-5-8-29(11-17(34-43-29)6-7-28(2,3)44(4,41)42)22-14-35(15)27(40)23-25(38)24(37)19(13-36(22)23)26(39)33-12-18-20(31)9-16(30)10-21(18)32/h9-10,13,15,22,38H,5,8,11-12,14H2,1-4H3,(H,33,39)/t15-,22+,29+/m0/s1. The van der Waals surface area contributed by atoms with Crippen LogP contribution in [-0.4, -0.2) is 69.7 Å². The van der Waals surface area contributed by atoms with Crippen LogP contribution in [0.15, 0.2) is 28.3 Å². The Morgan fingerprint density at radius 3 is 2.55 bits per heavy atom.